The van der Waals surface area contributed by atoms with Crippen LogP contribution >= 0.6 is 0 Å². The van der Waals surface area contributed by atoms with E-state index in [2.05, 4.69) is 11.8 Å². The van der Waals surface area contributed by atoms with E-state index < -0.39 is 5.54 Å². The highest BCUT2D eigenvalue weighted by Gasteiger charge is 2.40. The number of nitrogens with zero attached hydrogens (tertiary/aromatic N) is 1. The monoisotopic (exact) mass is 252 g/mol. The zero-order chi connectivity index (χ0) is 13.0. The molecule has 0 spiro atoms. The van der Waals surface area contributed by atoms with E-state index in [0.717, 1.165) is 51.1 Å². The van der Waals surface area contributed by atoms with Crippen molar-refractivity contribution in [1.82, 2.24) is 4.90 Å². The molecule has 1 atom stereocenters. The molecule has 18 heavy (non-hydrogen) atoms. The maximum absolute atomic E-state index is 12.5. The summed E-state index contributed by atoms with van der Waals surface area (Å²) in [6.07, 6.45) is 10.2. The normalized spacial score (nSPS) is 28.1. The van der Waals surface area contributed by atoms with E-state index in [4.69, 9.17) is 5.73 Å². The van der Waals surface area contributed by atoms with Gasteiger partial charge in [0.15, 0.2) is 0 Å². The van der Waals surface area contributed by atoms with Crippen molar-refractivity contribution in [1.29, 1.82) is 0 Å². The summed E-state index contributed by atoms with van der Waals surface area (Å²) in [5.41, 5.74) is 5.76. The first kappa shape index (κ1) is 13.9. The van der Waals surface area contributed by atoms with Gasteiger partial charge in [0.05, 0.1) is 5.54 Å². The third kappa shape index (κ3) is 3.05. The molecule has 0 aromatic carbocycles. The van der Waals surface area contributed by atoms with Gasteiger partial charge in [-0.05, 0) is 38.0 Å². The van der Waals surface area contributed by atoms with Crippen LogP contribution in [-0.4, -0.2) is 29.4 Å². The van der Waals surface area contributed by atoms with Crippen LogP contribution < -0.4 is 5.73 Å². The lowest BCUT2D eigenvalue weighted by Crippen LogP contribution is -2.53. The molecule has 104 valence electrons. The number of carbonyl (C=O) groups is 1. The van der Waals surface area contributed by atoms with Crippen LogP contribution in [0.5, 0.6) is 0 Å². The molecule has 1 amide bonds. The Morgan fingerprint density at radius 3 is 2.61 bits per heavy atom. The Morgan fingerprint density at radius 2 is 1.94 bits per heavy atom. The van der Waals surface area contributed by atoms with Crippen LogP contribution in [0, 0.1) is 5.92 Å². The van der Waals surface area contributed by atoms with Crippen molar-refractivity contribution in [3.05, 3.63) is 0 Å². The Bertz CT molecular complexity index is 284. The van der Waals surface area contributed by atoms with Crippen molar-refractivity contribution in [2.24, 2.45) is 11.7 Å². The second-order valence-electron chi connectivity index (χ2n) is 6.24. The van der Waals surface area contributed by atoms with Crippen LogP contribution in [-0.2, 0) is 4.79 Å². The minimum atomic E-state index is -0.523. The minimum absolute atomic E-state index is 0.233. The maximum Gasteiger partial charge on any atom is 0.242 e. The number of likely N-dealkylation sites (tertiary alicyclic amines) is 1. The smallest absolute Gasteiger partial charge is 0.242 e. The molecule has 0 bridgehead atoms. The van der Waals surface area contributed by atoms with Gasteiger partial charge in [-0.2, -0.15) is 0 Å². The van der Waals surface area contributed by atoms with Crippen molar-refractivity contribution in [3.63, 3.8) is 0 Å². The molecule has 1 saturated heterocycles. The van der Waals surface area contributed by atoms with E-state index in [1.165, 1.54) is 25.7 Å². The van der Waals surface area contributed by atoms with Gasteiger partial charge in [0, 0.05) is 13.1 Å². The fraction of sp³-hybridized carbons (Fsp3) is 0.933. The first-order valence-corrected chi connectivity index (χ1v) is 7.74. The molecular formula is C15H28N2O. The van der Waals surface area contributed by atoms with E-state index >= 15 is 0 Å². The molecule has 3 heteroatoms. The molecule has 1 aliphatic carbocycles. The van der Waals surface area contributed by atoms with Crippen molar-refractivity contribution in [2.75, 3.05) is 13.1 Å². The maximum atomic E-state index is 12.5. The SMILES string of the molecule is CCCC1CCCN(C(=O)C2(N)CCCC2)CC1. The lowest BCUT2D eigenvalue weighted by atomic mass is 9.95. The molecule has 1 unspecified atom stereocenters. The summed E-state index contributed by atoms with van der Waals surface area (Å²) >= 11 is 0. The van der Waals surface area contributed by atoms with Gasteiger partial charge in [0.1, 0.15) is 0 Å². The van der Waals surface area contributed by atoms with Crippen molar-refractivity contribution in [3.8, 4) is 0 Å². The van der Waals surface area contributed by atoms with Gasteiger partial charge in [-0.3, -0.25) is 4.79 Å². The summed E-state index contributed by atoms with van der Waals surface area (Å²) in [6.45, 7) is 4.11. The molecule has 1 heterocycles. The average molecular weight is 252 g/mol. The number of nitrogens with two attached hydrogens (primary N) is 1. The molecule has 1 saturated carbocycles. The summed E-state index contributed by atoms with van der Waals surface area (Å²) in [5, 5.41) is 0. The minimum Gasteiger partial charge on any atom is -0.341 e. The molecule has 2 rings (SSSR count). The lowest BCUT2D eigenvalue weighted by molar-refractivity contribution is -0.136. The highest BCUT2D eigenvalue weighted by atomic mass is 16.2. The quantitative estimate of drug-likeness (QED) is 0.839. The molecule has 1 aliphatic heterocycles. The molecule has 0 aromatic heterocycles. The summed E-state index contributed by atoms with van der Waals surface area (Å²) in [5.74, 6) is 1.06. The van der Waals surface area contributed by atoms with E-state index in [9.17, 15) is 4.79 Å². The molecule has 3 nitrogen and oxygen atoms in total. The molecule has 2 N–H and O–H groups in total. The fourth-order valence-electron chi connectivity index (χ4n) is 3.60. The number of carbonyl (C=O) groups excluding carboxylic acids is 1. The Morgan fingerprint density at radius 1 is 1.22 bits per heavy atom. The molecule has 2 aliphatic rings. The summed E-state index contributed by atoms with van der Waals surface area (Å²) in [4.78, 5) is 14.6. The molecule has 0 radical (unpaired) electrons. The van der Waals surface area contributed by atoms with Gasteiger partial charge in [-0.25, -0.2) is 0 Å². The Labute approximate surface area is 111 Å². The first-order valence-electron chi connectivity index (χ1n) is 7.74. The number of hydrogen-bond acceptors (Lipinski definition) is 2. The van der Waals surface area contributed by atoms with E-state index in [1.807, 2.05) is 0 Å². The molecule has 2 fully saturated rings. The topological polar surface area (TPSA) is 46.3 Å². The third-order valence-corrected chi connectivity index (χ3v) is 4.75. The van der Waals surface area contributed by atoms with E-state index in [1.54, 1.807) is 0 Å². The largest absolute Gasteiger partial charge is 0.341 e. The van der Waals surface area contributed by atoms with Gasteiger partial charge in [0.2, 0.25) is 5.91 Å². The predicted octanol–water partition coefficient (Wildman–Crippen LogP) is 2.69. The van der Waals surface area contributed by atoms with Crippen LogP contribution in [0.25, 0.3) is 0 Å². The zero-order valence-corrected chi connectivity index (χ0v) is 11.8. The predicted molar refractivity (Wildman–Crippen MR) is 74.2 cm³/mol. The van der Waals surface area contributed by atoms with Crippen LogP contribution in [0.15, 0.2) is 0 Å². The number of hydrogen-bond donors (Lipinski definition) is 1. The Hall–Kier alpha value is -0.570. The van der Waals surface area contributed by atoms with Crippen LogP contribution in [0.1, 0.15) is 64.7 Å². The van der Waals surface area contributed by atoms with Crippen molar-refractivity contribution >= 4 is 5.91 Å². The number of rotatable bonds is 3. The van der Waals surface area contributed by atoms with Crippen molar-refractivity contribution in [2.45, 2.75) is 70.3 Å². The highest BCUT2D eigenvalue weighted by Crippen LogP contribution is 2.30. The van der Waals surface area contributed by atoms with Crippen molar-refractivity contribution < 1.29 is 4.79 Å². The van der Waals surface area contributed by atoms with Gasteiger partial charge < -0.3 is 10.6 Å². The van der Waals surface area contributed by atoms with E-state index in [0.29, 0.717) is 0 Å². The first-order chi connectivity index (χ1) is 8.65. The Kier molecular flexibility index (Phi) is 4.66. The average Bonchev–Trinajstić information content (AvgIpc) is 2.68. The second-order valence-corrected chi connectivity index (χ2v) is 6.24. The number of amides is 1. The fourth-order valence-corrected chi connectivity index (χ4v) is 3.60. The third-order valence-electron chi connectivity index (χ3n) is 4.75. The standard InChI is InChI=1S/C15H28N2O/c1-2-6-13-7-5-11-17(12-8-13)14(18)15(16)9-3-4-10-15/h13H,2-12,16H2,1H3. The van der Waals surface area contributed by atoms with Crippen LogP contribution in [0.2, 0.25) is 0 Å². The van der Waals surface area contributed by atoms with Gasteiger partial charge in [-0.15, -0.1) is 0 Å². The van der Waals surface area contributed by atoms with Gasteiger partial charge in [-0.1, -0.05) is 32.6 Å². The van der Waals surface area contributed by atoms with Gasteiger partial charge >= 0.3 is 0 Å². The van der Waals surface area contributed by atoms with Crippen LogP contribution in [0.4, 0.5) is 0 Å². The van der Waals surface area contributed by atoms with Gasteiger partial charge in [0.25, 0.3) is 0 Å². The summed E-state index contributed by atoms with van der Waals surface area (Å²) in [6, 6.07) is 0. The Balaban J connectivity index is 1.91. The summed E-state index contributed by atoms with van der Waals surface area (Å²) < 4.78 is 0. The summed E-state index contributed by atoms with van der Waals surface area (Å²) in [7, 11) is 0. The highest BCUT2D eigenvalue weighted by molar-refractivity contribution is 5.86. The lowest BCUT2D eigenvalue weighted by Gasteiger charge is -2.30. The molecule has 0 aromatic rings. The zero-order valence-electron chi connectivity index (χ0n) is 11.8. The van der Waals surface area contributed by atoms with Crippen LogP contribution in [0.3, 0.4) is 0 Å². The molecular weight excluding hydrogens is 224 g/mol. The second kappa shape index (κ2) is 6.05. The van der Waals surface area contributed by atoms with E-state index in [-0.39, 0.29) is 5.91 Å².